The van der Waals surface area contributed by atoms with E-state index in [0.717, 1.165) is 23.1 Å². The van der Waals surface area contributed by atoms with Crippen LogP contribution in [0.25, 0.3) is 0 Å². The normalized spacial score (nSPS) is 28.8. The summed E-state index contributed by atoms with van der Waals surface area (Å²) in [4.78, 5) is 0. The fraction of sp³-hybridized carbons (Fsp3) is 0.400. The smallest absolute Gasteiger partial charge is 0.231 e. The Morgan fingerprint density at radius 1 is 0.920 bits per heavy atom. The van der Waals surface area contributed by atoms with Gasteiger partial charge in [-0.25, -0.2) is 0 Å². The first-order chi connectivity index (χ1) is 12.1. The van der Waals surface area contributed by atoms with E-state index in [-0.39, 0.29) is 19.5 Å². The summed E-state index contributed by atoms with van der Waals surface area (Å²) in [5.74, 6) is 3.07. The molecule has 130 valence electrons. The lowest BCUT2D eigenvalue weighted by Gasteiger charge is -2.44. The van der Waals surface area contributed by atoms with Gasteiger partial charge in [0.05, 0.1) is 0 Å². The van der Waals surface area contributed by atoms with Crippen LogP contribution in [0.2, 0.25) is 0 Å². The third kappa shape index (κ3) is 1.93. The van der Waals surface area contributed by atoms with Gasteiger partial charge in [0.25, 0.3) is 0 Å². The Bertz CT molecular complexity index is 861. The molecule has 0 bridgehead atoms. The second kappa shape index (κ2) is 5.05. The molecule has 2 aromatic carbocycles. The van der Waals surface area contributed by atoms with Gasteiger partial charge >= 0.3 is 0 Å². The molecule has 2 heterocycles. The molecule has 1 aliphatic carbocycles. The second-order valence-electron chi connectivity index (χ2n) is 7.14. The van der Waals surface area contributed by atoms with Gasteiger partial charge < -0.3 is 24.1 Å². The van der Waals surface area contributed by atoms with Crippen molar-refractivity contribution in [1.82, 2.24) is 0 Å². The summed E-state index contributed by atoms with van der Waals surface area (Å²) < 4.78 is 22.2. The molecule has 3 atom stereocenters. The predicted octanol–water partition coefficient (Wildman–Crippen LogP) is 3.21. The summed E-state index contributed by atoms with van der Waals surface area (Å²) in [6.45, 7) is 4.67. The molecule has 0 aromatic heterocycles. The quantitative estimate of drug-likeness (QED) is 0.864. The Balaban J connectivity index is 1.76. The molecule has 0 fully saturated rings. The van der Waals surface area contributed by atoms with Crippen LogP contribution in [0.3, 0.4) is 0 Å². The molecule has 0 saturated carbocycles. The van der Waals surface area contributed by atoms with Crippen molar-refractivity contribution < 1.29 is 24.1 Å². The number of hydrogen-bond acceptors (Lipinski definition) is 5. The number of ether oxygens (including phenoxy) is 4. The number of fused-ring (bicyclic) bond motifs is 4. The molecule has 0 spiro atoms. The van der Waals surface area contributed by atoms with Crippen molar-refractivity contribution in [2.24, 2.45) is 11.8 Å². The van der Waals surface area contributed by atoms with Crippen LogP contribution in [-0.2, 0) is 12.0 Å². The maximum Gasteiger partial charge on any atom is 0.231 e. The lowest BCUT2D eigenvalue weighted by molar-refractivity contribution is -0.0118. The van der Waals surface area contributed by atoms with E-state index in [2.05, 4.69) is 13.8 Å². The monoisotopic (exact) mass is 340 g/mol. The first-order valence-electron chi connectivity index (χ1n) is 8.63. The summed E-state index contributed by atoms with van der Waals surface area (Å²) in [5, 5.41) is 12.0. The van der Waals surface area contributed by atoms with Gasteiger partial charge in [0.1, 0.15) is 5.60 Å². The van der Waals surface area contributed by atoms with Crippen LogP contribution < -0.4 is 18.9 Å². The standard InChI is InChI=1S/C20H20O5/c1-11-7-13-3-5-16-19(25-10-23-16)18(13)20(21,12(11)2)14-4-6-15-17(8-14)24-9-22-15/h3-6,8,11-12,21H,7,9-10H2,1-2H3/t11-,12+,20-/m0/s1. The van der Waals surface area contributed by atoms with Gasteiger partial charge in [-0.3, -0.25) is 0 Å². The van der Waals surface area contributed by atoms with E-state index in [1.807, 2.05) is 30.3 Å². The van der Waals surface area contributed by atoms with Crippen molar-refractivity contribution in [3.05, 3.63) is 47.0 Å². The van der Waals surface area contributed by atoms with E-state index < -0.39 is 5.60 Å². The Hall–Kier alpha value is -2.40. The summed E-state index contributed by atoms with van der Waals surface area (Å²) >= 11 is 0. The van der Waals surface area contributed by atoms with Crippen LogP contribution >= 0.6 is 0 Å². The maximum atomic E-state index is 12.0. The highest BCUT2D eigenvalue weighted by Crippen LogP contribution is 2.54. The Morgan fingerprint density at radius 3 is 2.52 bits per heavy atom. The molecule has 1 N–H and O–H groups in total. The van der Waals surface area contributed by atoms with Gasteiger partial charge in [0.2, 0.25) is 13.6 Å². The highest BCUT2D eigenvalue weighted by atomic mass is 16.7. The molecule has 0 unspecified atom stereocenters. The first kappa shape index (κ1) is 14.9. The third-order valence-corrected chi connectivity index (χ3v) is 5.87. The van der Waals surface area contributed by atoms with Gasteiger partial charge in [0.15, 0.2) is 23.0 Å². The summed E-state index contributed by atoms with van der Waals surface area (Å²) in [6.07, 6.45) is 0.903. The third-order valence-electron chi connectivity index (χ3n) is 5.87. The highest BCUT2D eigenvalue weighted by Gasteiger charge is 2.48. The molecular formula is C20H20O5. The average Bonchev–Trinajstić information content (AvgIpc) is 3.27. The average molecular weight is 340 g/mol. The minimum Gasteiger partial charge on any atom is -0.454 e. The fourth-order valence-electron chi connectivity index (χ4n) is 4.31. The zero-order chi connectivity index (χ0) is 17.2. The van der Waals surface area contributed by atoms with Crippen LogP contribution in [0.15, 0.2) is 30.3 Å². The molecule has 5 heteroatoms. The Labute approximate surface area is 146 Å². The minimum absolute atomic E-state index is 0.0103. The first-order valence-corrected chi connectivity index (χ1v) is 8.63. The van der Waals surface area contributed by atoms with Crippen LogP contribution in [0.1, 0.15) is 30.5 Å². The lowest BCUT2D eigenvalue weighted by atomic mass is 9.64. The van der Waals surface area contributed by atoms with Gasteiger partial charge in [0, 0.05) is 5.56 Å². The number of hydrogen-bond donors (Lipinski definition) is 1. The minimum atomic E-state index is -1.17. The molecular weight excluding hydrogens is 320 g/mol. The van der Waals surface area contributed by atoms with Crippen LogP contribution in [0, 0.1) is 11.8 Å². The van der Waals surface area contributed by atoms with Crippen molar-refractivity contribution in [2.75, 3.05) is 13.6 Å². The van der Waals surface area contributed by atoms with E-state index in [0.29, 0.717) is 28.9 Å². The topological polar surface area (TPSA) is 57.2 Å². The van der Waals surface area contributed by atoms with E-state index in [1.54, 1.807) is 0 Å². The molecule has 2 aromatic rings. The van der Waals surface area contributed by atoms with Crippen molar-refractivity contribution >= 4 is 0 Å². The van der Waals surface area contributed by atoms with Crippen LogP contribution in [0.5, 0.6) is 23.0 Å². The molecule has 25 heavy (non-hydrogen) atoms. The summed E-state index contributed by atoms with van der Waals surface area (Å²) in [7, 11) is 0. The fourth-order valence-corrected chi connectivity index (χ4v) is 4.31. The Morgan fingerprint density at radius 2 is 1.64 bits per heavy atom. The van der Waals surface area contributed by atoms with E-state index in [4.69, 9.17) is 18.9 Å². The van der Waals surface area contributed by atoms with Crippen molar-refractivity contribution in [3.8, 4) is 23.0 Å². The molecule has 0 radical (unpaired) electrons. The predicted molar refractivity (Wildman–Crippen MR) is 90.2 cm³/mol. The molecule has 0 amide bonds. The molecule has 5 nitrogen and oxygen atoms in total. The molecule has 5 rings (SSSR count). The number of aliphatic hydroxyl groups is 1. The molecule has 0 saturated heterocycles. The zero-order valence-corrected chi connectivity index (χ0v) is 14.2. The Kier molecular flexibility index (Phi) is 3.01. The number of rotatable bonds is 1. The van der Waals surface area contributed by atoms with E-state index in [9.17, 15) is 5.11 Å². The van der Waals surface area contributed by atoms with Gasteiger partial charge in [-0.05, 0) is 47.6 Å². The van der Waals surface area contributed by atoms with E-state index >= 15 is 0 Å². The SMILES string of the molecule is C[C@@H]1[C@@H](C)Cc2ccc3c(c2[C@@]1(O)c1ccc2c(c1)OCO2)OCO3. The largest absolute Gasteiger partial charge is 0.454 e. The van der Waals surface area contributed by atoms with Crippen molar-refractivity contribution in [1.29, 1.82) is 0 Å². The molecule has 2 aliphatic heterocycles. The highest BCUT2D eigenvalue weighted by molar-refractivity contribution is 5.60. The van der Waals surface area contributed by atoms with Crippen molar-refractivity contribution in [2.45, 2.75) is 25.9 Å². The summed E-state index contributed by atoms with van der Waals surface area (Å²) in [5.41, 5.74) is 1.55. The summed E-state index contributed by atoms with van der Waals surface area (Å²) in [6, 6.07) is 9.64. The van der Waals surface area contributed by atoms with E-state index in [1.165, 1.54) is 0 Å². The lowest BCUT2D eigenvalue weighted by Crippen LogP contribution is -2.43. The number of benzene rings is 2. The van der Waals surface area contributed by atoms with Crippen molar-refractivity contribution in [3.63, 3.8) is 0 Å². The van der Waals surface area contributed by atoms with Gasteiger partial charge in [-0.15, -0.1) is 0 Å². The second-order valence-corrected chi connectivity index (χ2v) is 7.14. The van der Waals surface area contributed by atoms with Gasteiger partial charge in [-0.2, -0.15) is 0 Å². The molecule has 3 aliphatic rings. The van der Waals surface area contributed by atoms with Crippen LogP contribution in [0.4, 0.5) is 0 Å². The van der Waals surface area contributed by atoms with Crippen LogP contribution in [-0.4, -0.2) is 18.7 Å². The van der Waals surface area contributed by atoms with Gasteiger partial charge in [-0.1, -0.05) is 26.0 Å². The zero-order valence-electron chi connectivity index (χ0n) is 14.2. The maximum absolute atomic E-state index is 12.0.